The average molecular weight is 352 g/mol. The summed E-state index contributed by atoms with van der Waals surface area (Å²) in [5, 5.41) is 0. The number of rotatable bonds is 6. The van der Waals surface area contributed by atoms with Crippen molar-refractivity contribution in [3.8, 4) is 45.4 Å². The van der Waals surface area contributed by atoms with E-state index >= 15 is 0 Å². The minimum atomic E-state index is 0.541. The van der Waals surface area contributed by atoms with Crippen molar-refractivity contribution in [1.29, 1.82) is 0 Å². The normalized spacial score (nSPS) is 10.3. The maximum absolute atomic E-state index is 5.45. The molecule has 2 aromatic carbocycles. The first-order chi connectivity index (χ1) is 12.7. The van der Waals surface area contributed by atoms with Crippen LogP contribution in [0.3, 0.4) is 0 Å². The molecule has 0 saturated carbocycles. The van der Waals surface area contributed by atoms with Crippen LogP contribution < -0.4 is 18.9 Å². The van der Waals surface area contributed by atoms with E-state index in [1.807, 2.05) is 36.4 Å². The minimum Gasteiger partial charge on any atom is -0.497 e. The topological polar surface area (TPSA) is 62.7 Å². The van der Waals surface area contributed by atoms with Gasteiger partial charge in [-0.05, 0) is 29.8 Å². The van der Waals surface area contributed by atoms with Crippen molar-refractivity contribution in [3.63, 3.8) is 0 Å². The van der Waals surface area contributed by atoms with Gasteiger partial charge >= 0.3 is 0 Å². The molecule has 1 heterocycles. The van der Waals surface area contributed by atoms with Gasteiger partial charge in [0.05, 0.1) is 34.1 Å². The Balaban J connectivity index is 2.16. The van der Waals surface area contributed by atoms with E-state index in [0.717, 1.165) is 28.1 Å². The van der Waals surface area contributed by atoms with Gasteiger partial charge < -0.3 is 18.9 Å². The minimum absolute atomic E-state index is 0.541. The van der Waals surface area contributed by atoms with E-state index in [9.17, 15) is 0 Å². The summed E-state index contributed by atoms with van der Waals surface area (Å²) in [4.78, 5) is 8.66. The molecule has 0 spiro atoms. The summed E-state index contributed by atoms with van der Waals surface area (Å²) in [5.74, 6) is 2.47. The zero-order valence-electron chi connectivity index (χ0n) is 15.1. The highest BCUT2D eigenvalue weighted by molar-refractivity contribution is 5.82. The van der Waals surface area contributed by atoms with E-state index < -0.39 is 0 Å². The Bertz CT molecular complexity index is 870. The van der Waals surface area contributed by atoms with Crippen LogP contribution in [0, 0.1) is 0 Å². The molecule has 0 aliphatic rings. The van der Waals surface area contributed by atoms with Crippen LogP contribution in [0.2, 0.25) is 0 Å². The fourth-order valence-corrected chi connectivity index (χ4v) is 2.76. The molecular formula is C20H20N2O4. The third kappa shape index (κ3) is 3.26. The van der Waals surface area contributed by atoms with Crippen molar-refractivity contribution in [2.24, 2.45) is 0 Å². The third-order valence-electron chi connectivity index (χ3n) is 4.05. The maximum Gasteiger partial charge on any atom is 0.203 e. The van der Waals surface area contributed by atoms with Crippen molar-refractivity contribution in [1.82, 2.24) is 9.97 Å². The molecule has 134 valence electrons. The number of hydrogen-bond donors (Lipinski definition) is 0. The van der Waals surface area contributed by atoms with Gasteiger partial charge in [0.25, 0.3) is 0 Å². The molecule has 0 N–H and O–H groups in total. The van der Waals surface area contributed by atoms with E-state index in [4.69, 9.17) is 18.9 Å². The molecule has 0 fully saturated rings. The van der Waals surface area contributed by atoms with Crippen molar-refractivity contribution in [2.45, 2.75) is 0 Å². The molecular weight excluding hydrogens is 332 g/mol. The summed E-state index contributed by atoms with van der Waals surface area (Å²) < 4.78 is 21.5. The smallest absolute Gasteiger partial charge is 0.203 e. The molecule has 0 atom stereocenters. The number of benzene rings is 2. The predicted octanol–water partition coefficient (Wildman–Crippen LogP) is 3.85. The van der Waals surface area contributed by atoms with Crippen LogP contribution in [-0.4, -0.2) is 38.4 Å². The zero-order chi connectivity index (χ0) is 18.5. The molecule has 3 aromatic rings. The number of methoxy groups -OCH3 is 4. The van der Waals surface area contributed by atoms with Gasteiger partial charge in [-0.1, -0.05) is 12.1 Å². The molecule has 0 unspecified atom stereocenters. The van der Waals surface area contributed by atoms with Gasteiger partial charge in [0, 0.05) is 17.3 Å². The lowest BCUT2D eigenvalue weighted by Gasteiger charge is -2.15. The van der Waals surface area contributed by atoms with Gasteiger partial charge in [0.15, 0.2) is 11.5 Å². The second-order valence-corrected chi connectivity index (χ2v) is 5.43. The number of hydrogen-bond acceptors (Lipinski definition) is 6. The van der Waals surface area contributed by atoms with Crippen LogP contribution in [0.4, 0.5) is 0 Å². The van der Waals surface area contributed by atoms with Crippen molar-refractivity contribution in [3.05, 3.63) is 48.9 Å². The van der Waals surface area contributed by atoms with Crippen LogP contribution in [0.5, 0.6) is 23.0 Å². The van der Waals surface area contributed by atoms with Crippen molar-refractivity contribution >= 4 is 0 Å². The molecule has 1 aromatic heterocycles. The van der Waals surface area contributed by atoms with E-state index in [2.05, 4.69) is 9.97 Å². The fraction of sp³-hybridized carbons (Fsp3) is 0.200. The number of aromatic nitrogens is 2. The summed E-state index contributed by atoms with van der Waals surface area (Å²) in [7, 11) is 6.40. The monoisotopic (exact) mass is 352 g/mol. The molecule has 0 saturated heterocycles. The van der Waals surface area contributed by atoms with Gasteiger partial charge in [-0.25, -0.2) is 9.97 Å². The highest BCUT2D eigenvalue weighted by atomic mass is 16.5. The standard InChI is InChI=1S/C20H20N2O4/c1-23-15-7-5-13(6-8-15)16-11-21-12-22-19(16)14-9-17(24-2)20(26-4)18(10-14)25-3/h5-12H,1-4H3. The van der Waals surface area contributed by atoms with E-state index in [1.165, 1.54) is 6.33 Å². The summed E-state index contributed by atoms with van der Waals surface area (Å²) in [6, 6.07) is 11.5. The lowest BCUT2D eigenvalue weighted by Crippen LogP contribution is -1.97. The van der Waals surface area contributed by atoms with Crippen molar-refractivity contribution < 1.29 is 18.9 Å². The lowest BCUT2D eigenvalue weighted by molar-refractivity contribution is 0.324. The third-order valence-corrected chi connectivity index (χ3v) is 4.05. The Morgan fingerprint density at radius 2 is 1.38 bits per heavy atom. The second kappa shape index (κ2) is 7.74. The second-order valence-electron chi connectivity index (χ2n) is 5.43. The molecule has 6 heteroatoms. The van der Waals surface area contributed by atoms with E-state index in [-0.39, 0.29) is 0 Å². The molecule has 6 nitrogen and oxygen atoms in total. The Hall–Kier alpha value is -3.28. The Labute approximate surface area is 152 Å². The number of ether oxygens (including phenoxy) is 4. The Morgan fingerprint density at radius 1 is 0.731 bits per heavy atom. The quantitative estimate of drug-likeness (QED) is 0.672. The van der Waals surface area contributed by atoms with E-state index in [0.29, 0.717) is 17.2 Å². The molecule has 0 radical (unpaired) electrons. The summed E-state index contributed by atoms with van der Waals surface area (Å²) in [6.07, 6.45) is 3.30. The van der Waals surface area contributed by atoms with Gasteiger partial charge in [-0.3, -0.25) is 0 Å². The van der Waals surface area contributed by atoms with E-state index in [1.54, 1.807) is 34.6 Å². The van der Waals surface area contributed by atoms with Crippen LogP contribution in [0.15, 0.2) is 48.9 Å². The highest BCUT2D eigenvalue weighted by Gasteiger charge is 2.17. The van der Waals surface area contributed by atoms with Crippen LogP contribution in [0.25, 0.3) is 22.4 Å². The fourth-order valence-electron chi connectivity index (χ4n) is 2.76. The SMILES string of the molecule is COc1ccc(-c2cncnc2-c2cc(OC)c(OC)c(OC)c2)cc1. The van der Waals surface area contributed by atoms with Gasteiger partial charge in [0.2, 0.25) is 5.75 Å². The van der Waals surface area contributed by atoms with Crippen LogP contribution in [-0.2, 0) is 0 Å². The first-order valence-electron chi connectivity index (χ1n) is 7.96. The van der Waals surface area contributed by atoms with Crippen LogP contribution >= 0.6 is 0 Å². The Morgan fingerprint density at radius 3 is 1.92 bits per heavy atom. The zero-order valence-corrected chi connectivity index (χ0v) is 15.1. The lowest BCUT2D eigenvalue weighted by atomic mass is 10.00. The first-order valence-corrected chi connectivity index (χ1v) is 7.96. The summed E-state index contributed by atoms with van der Waals surface area (Å²) in [6.45, 7) is 0. The molecule has 0 aliphatic carbocycles. The summed E-state index contributed by atoms with van der Waals surface area (Å²) in [5.41, 5.74) is 3.48. The number of nitrogens with zero attached hydrogens (tertiary/aromatic N) is 2. The summed E-state index contributed by atoms with van der Waals surface area (Å²) >= 11 is 0. The molecule has 0 amide bonds. The van der Waals surface area contributed by atoms with Crippen LogP contribution in [0.1, 0.15) is 0 Å². The molecule has 26 heavy (non-hydrogen) atoms. The average Bonchev–Trinajstić information content (AvgIpc) is 2.72. The Kier molecular flexibility index (Phi) is 5.22. The van der Waals surface area contributed by atoms with Gasteiger partial charge in [0.1, 0.15) is 12.1 Å². The van der Waals surface area contributed by atoms with Gasteiger partial charge in [-0.2, -0.15) is 0 Å². The largest absolute Gasteiger partial charge is 0.497 e. The molecule has 0 aliphatic heterocycles. The van der Waals surface area contributed by atoms with Gasteiger partial charge in [-0.15, -0.1) is 0 Å². The molecule has 3 rings (SSSR count). The first kappa shape index (κ1) is 17.5. The molecule has 0 bridgehead atoms. The highest BCUT2D eigenvalue weighted by Crippen LogP contribution is 2.42. The maximum atomic E-state index is 5.45. The van der Waals surface area contributed by atoms with Crippen molar-refractivity contribution in [2.75, 3.05) is 28.4 Å². The predicted molar refractivity (Wildman–Crippen MR) is 99.1 cm³/mol.